The maximum Gasteiger partial charge on any atom is 0.241 e. The van der Waals surface area contributed by atoms with Crippen molar-refractivity contribution in [1.82, 2.24) is 9.62 Å². The fourth-order valence-electron chi connectivity index (χ4n) is 3.47. The highest BCUT2D eigenvalue weighted by Crippen LogP contribution is 2.25. The lowest BCUT2D eigenvalue weighted by atomic mass is 10.1. The molecule has 1 fully saturated rings. The zero-order chi connectivity index (χ0) is 21.3. The molecule has 154 valence electrons. The van der Waals surface area contributed by atoms with Crippen molar-refractivity contribution in [1.29, 1.82) is 5.26 Å². The molecule has 1 atom stereocenters. The summed E-state index contributed by atoms with van der Waals surface area (Å²) in [5.41, 5.74) is 0. The summed E-state index contributed by atoms with van der Waals surface area (Å²) in [4.78, 5) is 15.9. The second-order valence-corrected chi connectivity index (χ2v) is 9.86. The number of sulfonamides is 1. The van der Waals surface area contributed by atoms with Crippen LogP contribution in [0.25, 0.3) is 10.8 Å². The van der Waals surface area contributed by atoms with E-state index in [0.29, 0.717) is 30.1 Å². The summed E-state index contributed by atoms with van der Waals surface area (Å²) in [6, 6.07) is 15.1. The number of benzene rings is 2. The van der Waals surface area contributed by atoms with E-state index in [0.717, 1.165) is 15.6 Å². The fourth-order valence-corrected chi connectivity index (χ4v) is 5.55. The standard InChI is InChI=1S/C21H19N3O4S2/c1-28-16-4-2-14-3-7-19(11-15(14)10-16)30(26,27)23-20-8-9-24(21(20)25)13-18-6-5-17(12-22)29-18/h2-7,10-11,20,23H,8-9,13H2,1H3/t20-/m0/s1. The minimum Gasteiger partial charge on any atom is -0.497 e. The predicted molar refractivity (Wildman–Crippen MR) is 114 cm³/mol. The van der Waals surface area contributed by atoms with Crippen LogP contribution in [0.3, 0.4) is 0 Å². The van der Waals surface area contributed by atoms with E-state index in [2.05, 4.69) is 10.8 Å². The first-order valence-corrected chi connectivity index (χ1v) is 11.6. The smallest absolute Gasteiger partial charge is 0.241 e. The summed E-state index contributed by atoms with van der Waals surface area (Å²) in [5, 5.41) is 10.6. The molecule has 0 unspecified atom stereocenters. The summed E-state index contributed by atoms with van der Waals surface area (Å²) >= 11 is 1.33. The molecule has 4 rings (SSSR count). The molecule has 1 aromatic heterocycles. The molecule has 2 aromatic carbocycles. The van der Waals surface area contributed by atoms with E-state index in [-0.39, 0.29) is 10.8 Å². The lowest BCUT2D eigenvalue weighted by Gasteiger charge is -2.16. The summed E-state index contributed by atoms with van der Waals surface area (Å²) in [6.07, 6.45) is 0.399. The predicted octanol–water partition coefficient (Wildman–Crippen LogP) is 2.86. The number of carbonyl (C=O) groups is 1. The Morgan fingerprint density at radius 1 is 1.20 bits per heavy atom. The summed E-state index contributed by atoms with van der Waals surface area (Å²) < 4.78 is 33.5. The van der Waals surface area contributed by atoms with Gasteiger partial charge in [0.25, 0.3) is 0 Å². The minimum atomic E-state index is -3.86. The first-order chi connectivity index (χ1) is 14.4. The van der Waals surface area contributed by atoms with Crippen molar-refractivity contribution in [2.24, 2.45) is 0 Å². The highest BCUT2D eigenvalue weighted by Gasteiger charge is 2.35. The largest absolute Gasteiger partial charge is 0.497 e. The zero-order valence-electron chi connectivity index (χ0n) is 16.2. The molecule has 9 heteroatoms. The number of hydrogen-bond donors (Lipinski definition) is 1. The van der Waals surface area contributed by atoms with Crippen LogP contribution in [-0.2, 0) is 21.4 Å². The number of nitrogens with one attached hydrogen (secondary N) is 1. The van der Waals surface area contributed by atoms with E-state index < -0.39 is 16.1 Å². The van der Waals surface area contributed by atoms with Crippen LogP contribution in [0.1, 0.15) is 16.2 Å². The lowest BCUT2D eigenvalue weighted by Crippen LogP contribution is -2.41. The third-order valence-electron chi connectivity index (χ3n) is 5.04. The number of amides is 1. The van der Waals surface area contributed by atoms with Crippen molar-refractivity contribution in [3.05, 3.63) is 58.3 Å². The van der Waals surface area contributed by atoms with Gasteiger partial charge < -0.3 is 9.64 Å². The number of carbonyl (C=O) groups excluding carboxylic acids is 1. The third kappa shape index (κ3) is 4.03. The van der Waals surface area contributed by atoms with E-state index >= 15 is 0 Å². The van der Waals surface area contributed by atoms with Gasteiger partial charge in [-0.15, -0.1) is 11.3 Å². The van der Waals surface area contributed by atoms with Gasteiger partial charge in [0.1, 0.15) is 22.7 Å². The Kier molecular flexibility index (Phi) is 5.47. The molecule has 1 saturated heterocycles. The molecular formula is C21H19N3O4S2. The highest BCUT2D eigenvalue weighted by atomic mass is 32.2. The zero-order valence-corrected chi connectivity index (χ0v) is 17.8. The van der Waals surface area contributed by atoms with Gasteiger partial charge in [0.15, 0.2) is 0 Å². The van der Waals surface area contributed by atoms with Gasteiger partial charge in [0.2, 0.25) is 15.9 Å². The molecule has 0 saturated carbocycles. The Bertz CT molecular complexity index is 1260. The Morgan fingerprint density at radius 2 is 2.00 bits per heavy atom. The molecule has 2 heterocycles. The average molecular weight is 442 g/mol. The second-order valence-electron chi connectivity index (χ2n) is 6.97. The fraction of sp³-hybridized carbons (Fsp3) is 0.238. The first kappa shape index (κ1) is 20.3. The van der Waals surface area contributed by atoms with Crippen molar-refractivity contribution in [3.8, 4) is 11.8 Å². The number of rotatable bonds is 6. The summed E-state index contributed by atoms with van der Waals surface area (Å²) in [7, 11) is -2.31. The van der Waals surface area contributed by atoms with Crippen molar-refractivity contribution in [3.63, 3.8) is 0 Å². The molecular weight excluding hydrogens is 422 g/mol. The number of thiophene rings is 1. The van der Waals surface area contributed by atoms with Gasteiger partial charge in [-0.05, 0) is 53.6 Å². The summed E-state index contributed by atoms with van der Waals surface area (Å²) in [6.45, 7) is 0.833. The van der Waals surface area contributed by atoms with Crippen molar-refractivity contribution >= 4 is 38.0 Å². The van der Waals surface area contributed by atoms with Gasteiger partial charge >= 0.3 is 0 Å². The molecule has 1 N–H and O–H groups in total. The SMILES string of the molecule is COc1ccc2ccc(S(=O)(=O)N[C@H]3CCN(Cc4ccc(C#N)s4)C3=O)cc2c1. The Morgan fingerprint density at radius 3 is 2.73 bits per heavy atom. The van der Waals surface area contributed by atoms with E-state index in [1.165, 1.54) is 17.4 Å². The van der Waals surface area contributed by atoms with Crippen LogP contribution in [0.4, 0.5) is 0 Å². The van der Waals surface area contributed by atoms with E-state index in [9.17, 15) is 13.2 Å². The summed E-state index contributed by atoms with van der Waals surface area (Å²) in [5.74, 6) is 0.382. The van der Waals surface area contributed by atoms with Gasteiger partial charge in [-0.3, -0.25) is 4.79 Å². The van der Waals surface area contributed by atoms with Crippen LogP contribution in [0, 0.1) is 11.3 Å². The Hall–Kier alpha value is -2.93. The van der Waals surface area contributed by atoms with E-state index in [4.69, 9.17) is 10.00 Å². The van der Waals surface area contributed by atoms with Gasteiger partial charge in [-0.25, -0.2) is 8.42 Å². The lowest BCUT2D eigenvalue weighted by molar-refractivity contribution is -0.129. The second kappa shape index (κ2) is 8.07. The molecule has 1 amide bonds. The molecule has 0 spiro atoms. The maximum atomic E-state index is 12.9. The number of likely N-dealkylation sites (tertiary alicyclic amines) is 1. The minimum absolute atomic E-state index is 0.103. The van der Waals surface area contributed by atoms with Gasteiger partial charge in [-0.2, -0.15) is 9.98 Å². The number of nitrogens with zero attached hydrogens (tertiary/aromatic N) is 2. The molecule has 0 bridgehead atoms. The molecule has 3 aromatic rings. The molecule has 7 nitrogen and oxygen atoms in total. The number of hydrogen-bond acceptors (Lipinski definition) is 6. The van der Waals surface area contributed by atoms with E-state index in [1.807, 2.05) is 18.2 Å². The van der Waals surface area contributed by atoms with Gasteiger partial charge in [0, 0.05) is 11.4 Å². The molecule has 0 radical (unpaired) electrons. The number of ether oxygens (including phenoxy) is 1. The van der Waals surface area contributed by atoms with Gasteiger partial charge in [-0.1, -0.05) is 12.1 Å². The van der Waals surface area contributed by atoms with E-state index in [1.54, 1.807) is 36.3 Å². The third-order valence-corrected chi connectivity index (χ3v) is 7.49. The van der Waals surface area contributed by atoms with Crippen LogP contribution < -0.4 is 9.46 Å². The molecule has 1 aliphatic heterocycles. The highest BCUT2D eigenvalue weighted by molar-refractivity contribution is 7.89. The molecule has 1 aliphatic rings. The van der Waals surface area contributed by atoms with Crippen molar-refractivity contribution < 1.29 is 17.9 Å². The topological polar surface area (TPSA) is 99.5 Å². The number of nitriles is 1. The van der Waals surface area contributed by atoms with Crippen molar-refractivity contribution in [2.45, 2.75) is 23.9 Å². The van der Waals surface area contributed by atoms with Crippen molar-refractivity contribution in [2.75, 3.05) is 13.7 Å². The monoisotopic (exact) mass is 441 g/mol. The van der Waals surface area contributed by atoms with Crippen LogP contribution in [0.2, 0.25) is 0 Å². The number of fused-ring (bicyclic) bond motifs is 1. The molecule has 0 aliphatic carbocycles. The van der Waals surface area contributed by atoms with Crippen LogP contribution in [0.5, 0.6) is 5.75 Å². The maximum absolute atomic E-state index is 12.9. The Balaban J connectivity index is 1.50. The molecule has 30 heavy (non-hydrogen) atoms. The quantitative estimate of drug-likeness (QED) is 0.634. The number of methoxy groups -OCH3 is 1. The normalized spacial score (nSPS) is 16.7. The average Bonchev–Trinajstić information content (AvgIpc) is 3.34. The van der Waals surface area contributed by atoms with Crippen LogP contribution in [-0.4, -0.2) is 38.9 Å². The first-order valence-electron chi connectivity index (χ1n) is 9.27. The van der Waals surface area contributed by atoms with Crippen LogP contribution >= 0.6 is 11.3 Å². The Labute approximate surface area is 178 Å². The van der Waals surface area contributed by atoms with Crippen LogP contribution in [0.15, 0.2) is 53.4 Å². The van der Waals surface area contributed by atoms with Gasteiger partial charge in [0.05, 0.1) is 18.6 Å².